The lowest BCUT2D eigenvalue weighted by atomic mass is 9.83. The van der Waals surface area contributed by atoms with E-state index in [-0.39, 0.29) is 12.5 Å². The van der Waals surface area contributed by atoms with E-state index >= 15 is 0 Å². The van der Waals surface area contributed by atoms with Gasteiger partial charge in [-0.15, -0.1) is 0 Å². The molecule has 19 heavy (non-hydrogen) atoms. The van der Waals surface area contributed by atoms with E-state index in [1.807, 2.05) is 12.1 Å². The lowest BCUT2D eigenvalue weighted by Crippen LogP contribution is -2.21. The van der Waals surface area contributed by atoms with Crippen molar-refractivity contribution in [3.8, 4) is 5.75 Å². The van der Waals surface area contributed by atoms with E-state index in [1.165, 1.54) is 19.3 Å². The summed E-state index contributed by atoms with van der Waals surface area (Å²) in [5.74, 6) is 1.28. The van der Waals surface area contributed by atoms with E-state index in [1.54, 1.807) is 12.1 Å². The SMILES string of the molecule is NC(=S)COc1cccc(NC(=O)CC2CCC2)c1. The van der Waals surface area contributed by atoms with Crippen molar-refractivity contribution in [2.45, 2.75) is 25.7 Å². The molecule has 0 saturated heterocycles. The zero-order valence-electron chi connectivity index (χ0n) is 10.7. The smallest absolute Gasteiger partial charge is 0.224 e. The number of anilines is 1. The van der Waals surface area contributed by atoms with Crippen LogP contribution in [-0.4, -0.2) is 17.5 Å². The lowest BCUT2D eigenvalue weighted by molar-refractivity contribution is -0.117. The van der Waals surface area contributed by atoms with E-state index in [0.717, 1.165) is 5.69 Å². The molecule has 1 aliphatic rings. The Hall–Kier alpha value is -1.62. The first kappa shape index (κ1) is 13.8. The summed E-state index contributed by atoms with van der Waals surface area (Å²) < 4.78 is 5.39. The third-order valence-corrected chi connectivity index (χ3v) is 3.32. The van der Waals surface area contributed by atoms with Crippen molar-refractivity contribution in [1.29, 1.82) is 0 Å². The second kappa shape index (κ2) is 6.52. The number of benzene rings is 1. The number of rotatable bonds is 6. The molecule has 1 aromatic carbocycles. The van der Waals surface area contributed by atoms with E-state index < -0.39 is 0 Å². The van der Waals surface area contributed by atoms with Crippen LogP contribution in [0.1, 0.15) is 25.7 Å². The normalized spacial score (nSPS) is 14.5. The van der Waals surface area contributed by atoms with Gasteiger partial charge in [0.05, 0.1) is 0 Å². The van der Waals surface area contributed by atoms with Gasteiger partial charge in [0.25, 0.3) is 0 Å². The molecule has 0 aliphatic heterocycles. The molecule has 0 heterocycles. The van der Waals surface area contributed by atoms with E-state index in [2.05, 4.69) is 5.32 Å². The maximum absolute atomic E-state index is 11.8. The van der Waals surface area contributed by atoms with Crippen LogP contribution in [0.15, 0.2) is 24.3 Å². The summed E-state index contributed by atoms with van der Waals surface area (Å²) in [4.78, 5) is 12.1. The van der Waals surface area contributed by atoms with E-state index in [0.29, 0.717) is 23.1 Å². The highest BCUT2D eigenvalue weighted by atomic mass is 32.1. The molecule has 0 radical (unpaired) electrons. The van der Waals surface area contributed by atoms with Gasteiger partial charge >= 0.3 is 0 Å². The number of hydrogen-bond acceptors (Lipinski definition) is 3. The molecule has 1 fully saturated rings. The minimum absolute atomic E-state index is 0.0659. The summed E-state index contributed by atoms with van der Waals surface area (Å²) in [5, 5.41) is 2.89. The third kappa shape index (κ3) is 4.52. The molecule has 1 aromatic rings. The van der Waals surface area contributed by atoms with Gasteiger partial charge in [-0.3, -0.25) is 4.79 Å². The van der Waals surface area contributed by atoms with Gasteiger partial charge < -0.3 is 15.8 Å². The van der Waals surface area contributed by atoms with Crippen molar-refractivity contribution in [1.82, 2.24) is 0 Å². The number of nitrogens with one attached hydrogen (secondary N) is 1. The highest BCUT2D eigenvalue weighted by molar-refractivity contribution is 7.80. The molecular weight excluding hydrogens is 260 g/mol. The van der Waals surface area contributed by atoms with Gasteiger partial charge in [-0.2, -0.15) is 0 Å². The molecule has 0 atom stereocenters. The number of thiocarbonyl (C=S) groups is 1. The number of carbonyl (C=O) groups excluding carboxylic acids is 1. The van der Waals surface area contributed by atoms with Crippen molar-refractivity contribution in [3.63, 3.8) is 0 Å². The Kier molecular flexibility index (Phi) is 4.74. The van der Waals surface area contributed by atoms with Crippen molar-refractivity contribution in [3.05, 3.63) is 24.3 Å². The summed E-state index contributed by atoms with van der Waals surface area (Å²) in [6, 6.07) is 7.25. The van der Waals surface area contributed by atoms with Gasteiger partial charge in [0.15, 0.2) is 0 Å². The molecule has 0 unspecified atom stereocenters. The largest absolute Gasteiger partial charge is 0.486 e. The van der Waals surface area contributed by atoms with Gasteiger partial charge in [-0.05, 0) is 30.9 Å². The Morgan fingerprint density at radius 1 is 1.47 bits per heavy atom. The average molecular weight is 278 g/mol. The van der Waals surface area contributed by atoms with Gasteiger partial charge in [-0.1, -0.05) is 24.7 Å². The van der Waals surface area contributed by atoms with Crippen LogP contribution in [0, 0.1) is 5.92 Å². The summed E-state index contributed by atoms with van der Waals surface area (Å²) >= 11 is 4.75. The topological polar surface area (TPSA) is 64.3 Å². The Labute approximate surface area is 118 Å². The summed E-state index contributed by atoms with van der Waals surface area (Å²) in [7, 11) is 0. The first-order valence-corrected chi connectivity index (χ1v) is 6.85. The maximum atomic E-state index is 11.8. The van der Waals surface area contributed by atoms with Crippen LogP contribution in [0.5, 0.6) is 5.75 Å². The van der Waals surface area contributed by atoms with Crippen LogP contribution in [0.3, 0.4) is 0 Å². The molecule has 102 valence electrons. The molecule has 1 amide bonds. The Morgan fingerprint density at radius 2 is 2.26 bits per heavy atom. The van der Waals surface area contributed by atoms with Crippen molar-refractivity contribution in [2.75, 3.05) is 11.9 Å². The molecule has 4 nitrogen and oxygen atoms in total. The predicted molar refractivity (Wildman–Crippen MR) is 79.3 cm³/mol. The summed E-state index contributed by atoms with van der Waals surface area (Å²) in [6.45, 7) is 0.203. The van der Waals surface area contributed by atoms with Gasteiger partial charge in [-0.25, -0.2) is 0 Å². The second-order valence-corrected chi connectivity index (χ2v) is 5.36. The number of amides is 1. The molecule has 5 heteroatoms. The first-order chi connectivity index (χ1) is 9.13. The van der Waals surface area contributed by atoms with Crippen molar-refractivity contribution in [2.24, 2.45) is 11.7 Å². The molecule has 0 spiro atoms. The molecule has 0 bridgehead atoms. The fraction of sp³-hybridized carbons (Fsp3) is 0.429. The monoisotopic (exact) mass is 278 g/mol. The van der Waals surface area contributed by atoms with E-state index in [9.17, 15) is 4.79 Å². The molecule has 0 aromatic heterocycles. The minimum atomic E-state index is 0.0659. The quantitative estimate of drug-likeness (QED) is 0.785. The van der Waals surface area contributed by atoms with Crippen molar-refractivity contribution >= 4 is 28.8 Å². The first-order valence-electron chi connectivity index (χ1n) is 6.44. The molecule has 1 aliphatic carbocycles. The summed E-state index contributed by atoms with van der Waals surface area (Å²) in [5.41, 5.74) is 6.11. The maximum Gasteiger partial charge on any atom is 0.224 e. The molecule has 2 rings (SSSR count). The summed E-state index contributed by atoms with van der Waals surface area (Å²) in [6.07, 6.45) is 4.20. The standard InChI is InChI=1S/C14H18N2O2S/c15-13(19)9-18-12-6-2-5-11(8-12)16-14(17)7-10-3-1-4-10/h2,5-6,8,10H,1,3-4,7,9H2,(H2,15,19)(H,16,17). The highest BCUT2D eigenvalue weighted by Crippen LogP contribution is 2.29. The average Bonchev–Trinajstić information content (AvgIpc) is 2.32. The molecular formula is C14H18N2O2S. The zero-order chi connectivity index (χ0) is 13.7. The lowest BCUT2D eigenvalue weighted by Gasteiger charge is -2.24. The third-order valence-electron chi connectivity index (χ3n) is 3.20. The van der Waals surface area contributed by atoms with Crippen LogP contribution in [0.2, 0.25) is 0 Å². The highest BCUT2D eigenvalue weighted by Gasteiger charge is 2.20. The number of nitrogens with two attached hydrogens (primary N) is 1. The van der Waals surface area contributed by atoms with Gasteiger partial charge in [0, 0.05) is 18.2 Å². The van der Waals surface area contributed by atoms with Crippen LogP contribution >= 0.6 is 12.2 Å². The van der Waals surface area contributed by atoms with Gasteiger partial charge in [0.2, 0.25) is 5.91 Å². The van der Waals surface area contributed by atoms with Crippen LogP contribution in [-0.2, 0) is 4.79 Å². The van der Waals surface area contributed by atoms with Crippen LogP contribution in [0.25, 0.3) is 0 Å². The minimum Gasteiger partial charge on any atom is -0.486 e. The predicted octanol–water partition coefficient (Wildman–Crippen LogP) is 2.48. The Balaban J connectivity index is 1.86. The Morgan fingerprint density at radius 3 is 2.89 bits per heavy atom. The zero-order valence-corrected chi connectivity index (χ0v) is 11.5. The van der Waals surface area contributed by atoms with Crippen molar-refractivity contribution < 1.29 is 9.53 Å². The Bertz CT molecular complexity index is 472. The number of carbonyl (C=O) groups is 1. The van der Waals surface area contributed by atoms with Gasteiger partial charge in [0.1, 0.15) is 17.3 Å². The molecule has 1 saturated carbocycles. The molecule has 3 N–H and O–H groups in total. The fourth-order valence-corrected chi connectivity index (χ4v) is 2.05. The fourth-order valence-electron chi connectivity index (χ4n) is 1.99. The second-order valence-electron chi connectivity index (χ2n) is 4.83. The number of ether oxygens (including phenoxy) is 1. The number of hydrogen-bond donors (Lipinski definition) is 2. The van der Waals surface area contributed by atoms with Crippen LogP contribution in [0.4, 0.5) is 5.69 Å². The van der Waals surface area contributed by atoms with Crippen LogP contribution < -0.4 is 15.8 Å². The van der Waals surface area contributed by atoms with E-state index in [4.69, 9.17) is 22.7 Å².